The van der Waals surface area contributed by atoms with E-state index >= 15 is 0 Å². The van der Waals surface area contributed by atoms with E-state index in [1.54, 1.807) is 19.2 Å². The zero-order chi connectivity index (χ0) is 21.7. The van der Waals surface area contributed by atoms with E-state index in [0.29, 0.717) is 5.56 Å². The molecule has 0 saturated heterocycles. The highest BCUT2D eigenvalue weighted by Crippen LogP contribution is 2.27. The van der Waals surface area contributed by atoms with Crippen molar-refractivity contribution in [1.82, 2.24) is 0 Å². The molecule has 156 valence electrons. The number of carbonyl (C=O) groups excluding carboxylic acids is 3. The predicted octanol–water partition coefficient (Wildman–Crippen LogP) is 1.40. The molecule has 1 atom stereocenters. The molecule has 0 aliphatic carbocycles. The smallest absolute Gasteiger partial charge is 0.342 e. The molecule has 0 fully saturated rings. The average molecular weight is 410 g/mol. The average Bonchev–Trinajstić information content (AvgIpc) is 2.98. The molecule has 0 unspecified atom stereocenters. The molecule has 0 spiro atoms. The maximum Gasteiger partial charge on any atom is 0.342 e. The van der Waals surface area contributed by atoms with Crippen molar-refractivity contribution in [3.8, 4) is 0 Å². The third kappa shape index (κ3) is 5.17. The quantitative estimate of drug-likeness (QED) is 0.567. The number of hydrogen-bond acceptors (Lipinski definition) is 5. The number of ether oxygens (including phenoxy) is 1. The fourth-order valence-corrected chi connectivity index (χ4v) is 2.71. The van der Waals surface area contributed by atoms with Crippen LogP contribution in [0.4, 0.5) is 14.7 Å². The van der Waals surface area contributed by atoms with Crippen molar-refractivity contribution in [2.75, 3.05) is 18.5 Å². The van der Waals surface area contributed by atoms with Crippen LogP contribution in [0.3, 0.4) is 0 Å². The molecule has 29 heavy (non-hydrogen) atoms. The van der Waals surface area contributed by atoms with Gasteiger partial charge in [0.25, 0.3) is 11.8 Å². The minimum absolute atomic E-state index is 0.0756. The number of esters is 1. The Balaban J connectivity index is 2.10. The summed E-state index contributed by atoms with van der Waals surface area (Å²) < 4.78 is 36.6. The zero-order valence-corrected chi connectivity index (χ0v) is 16.2. The van der Waals surface area contributed by atoms with E-state index in [-0.39, 0.29) is 42.0 Å². The van der Waals surface area contributed by atoms with Crippen LogP contribution in [0.5, 0.6) is 0 Å². The Kier molecular flexibility index (Phi) is 7.05. The van der Waals surface area contributed by atoms with Gasteiger partial charge in [-0.15, -0.1) is 0 Å². The van der Waals surface area contributed by atoms with Gasteiger partial charge in [-0.05, 0) is 39.0 Å². The van der Waals surface area contributed by atoms with Gasteiger partial charge in [0, 0.05) is 5.56 Å². The van der Waals surface area contributed by atoms with Crippen molar-refractivity contribution >= 4 is 23.7 Å². The largest absolute Gasteiger partial charge is 0.462 e. The third-order valence-electron chi connectivity index (χ3n) is 4.19. The summed E-state index contributed by atoms with van der Waals surface area (Å²) in [5.74, 6) is -4.41. The number of furan rings is 1. The molecule has 2 aromatic rings. The standard InChI is InChI=1S/C19H21F2N3O5/c1-4-28-19(27)15-10(3)29-18(16(15)17(22)26)24-14(25)8-23-9(2)11-5-6-12(20)13(21)7-11/h5-7,9,23H,4,8H2,1-3H3,(H2,22,26)(H,24,25)/p+1/t9-/m1/s1. The van der Waals surface area contributed by atoms with E-state index in [2.05, 4.69) is 5.32 Å². The number of halogens is 2. The van der Waals surface area contributed by atoms with Crippen LogP contribution >= 0.6 is 0 Å². The lowest BCUT2D eigenvalue weighted by molar-refractivity contribution is -0.682. The Hall–Kier alpha value is -3.27. The number of primary amides is 1. The van der Waals surface area contributed by atoms with Gasteiger partial charge >= 0.3 is 5.97 Å². The number of nitrogens with two attached hydrogens (primary N) is 2. The molecule has 2 amide bonds. The van der Waals surface area contributed by atoms with E-state index in [9.17, 15) is 23.2 Å². The number of rotatable bonds is 8. The molecule has 0 aliphatic rings. The van der Waals surface area contributed by atoms with Gasteiger partial charge in [-0.25, -0.2) is 13.6 Å². The van der Waals surface area contributed by atoms with Gasteiger partial charge in [-0.1, -0.05) is 0 Å². The van der Waals surface area contributed by atoms with E-state index in [0.717, 1.165) is 12.1 Å². The molecule has 8 nitrogen and oxygen atoms in total. The van der Waals surface area contributed by atoms with Crippen molar-refractivity contribution in [2.24, 2.45) is 5.73 Å². The topological polar surface area (TPSA) is 128 Å². The van der Waals surface area contributed by atoms with Gasteiger partial charge in [0.1, 0.15) is 22.9 Å². The second-order valence-corrected chi connectivity index (χ2v) is 6.27. The summed E-state index contributed by atoms with van der Waals surface area (Å²) >= 11 is 0. The SMILES string of the molecule is CCOC(=O)c1c(C)oc(NC(=O)C[NH2+][C@H](C)c2ccc(F)c(F)c2)c1C(N)=O. The zero-order valence-electron chi connectivity index (χ0n) is 16.2. The predicted molar refractivity (Wildman–Crippen MR) is 98.1 cm³/mol. The normalized spacial score (nSPS) is 11.8. The van der Waals surface area contributed by atoms with Crippen molar-refractivity contribution in [2.45, 2.75) is 26.8 Å². The van der Waals surface area contributed by atoms with Gasteiger partial charge in [0.05, 0.1) is 6.61 Å². The van der Waals surface area contributed by atoms with Crippen LogP contribution < -0.4 is 16.4 Å². The first kappa shape index (κ1) is 22.0. The summed E-state index contributed by atoms with van der Waals surface area (Å²) in [7, 11) is 0. The highest BCUT2D eigenvalue weighted by molar-refractivity contribution is 6.10. The van der Waals surface area contributed by atoms with E-state index < -0.39 is 29.4 Å². The van der Waals surface area contributed by atoms with Crippen LogP contribution in [0.15, 0.2) is 22.6 Å². The lowest BCUT2D eigenvalue weighted by Crippen LogP contribution is -2.86. The van der Waals surface area contributed by atoms with Crippen molar-refractivity contribution in [3.63, 3.8) is 0 Å². The molecular formula is C19H22F2N3O5+. The maximum absolute atomic E-state index is 13.3. The van der Waals surface area contributed by atoms with Crippen LogP contribution in [-0.2, 0) is 9.53 Å². The molecular weight excluding hydrogens is 388 g/mol. The summed E-state index contributed by atoms with van der Waals surface area (Å²) in [5.41, 5.74) is 5.40. The summed E-state index contributed by atoms with van der Waals surface area (Å²) in [6.07, 6.45) is 0. The van der Waals surface area contributed by atoms with Gasteiger partial charge in [-0.2, -0.15) is 0 Å². The molecule has 0 aliphatic heterocycles. The molecule has 1 aromatic carbocycles. The number of aryl methyl sites for hydroxylation is 1. The Morgan fingerprint density at radius 1 is 1.24 bits per heavy atom. The van der Waals surface area contributed by atoms with Crippen molar-refractivity contribution in [1.29, 1.82) is 0 Å². The number of hydrogen-bond donors (Lipinski definition) is 3. The summed E-state index contributed by atoms with van der Waals surface area (Å²) in [6, 6.07) is 3.14. The number of amides is 2. The molecule has 1 heterocycles. The third-order valence-corrected chi connectivity index (χ3v) is 4.19. The fraction of sp³-hybridized carbons (Fsp3) is 0.316. The number of quaternary nitrogens is 1. The van der Waals surface area contributed by atoms with E-state index in [1.807, 2.05) is 0 Å². The van der Waals surface area contributed by atoms with E-state index in [4.69, 9.17) is 14.9 Å². The molecule has 5 N–H and O–H groups in total. The molecule has 0 bridgehead atoms. The highest BCUT2D eigenvalue weighted by atomic mass is 19.2. The molecule has 1 aromatic heterocycles. The minimum atomic E-state index is -0.976. The Labute approximate surface area is 165 Å². The first-order valence-electron chi connectivity index (χ1n) is 8.84. The summed E-state index contributed by atoms with van der Waals surface area (Å²) in [6.45, 7) is 4.72. The highest BCUT2D eigenvalue weighted by Gasteiger charge is 2.29. The van der Waals surface area contributed by atoms with Crippen LogP contribution in [-0.4, -0.2) is 30.9 Å². The number of carbonyl (C=O) groups is 3. The van der Waals surface area contributed by atoms with Crippen molar-refractivity contribution in [3.05, 3.63) is 52.3 Å². The van der Waals surface area contributed by atoms with Gasteiger partial charge in [0.15, 0.2) is 18.2 Å². The molecule has 2 rings (SSSR count). The molecule has 10 heteroatoms. The Bertz CT molecular complexity index is 942. The molecule has 0 saturated carbocycles. The first-order valence-corrected chi connectivity index (χ1v) is 8.84. The Morgan fingerprint density at radius 2 is 1.93 bits per heavy atom. The molecule has 0 radical (unpaired) electrons. The minimum Gasteiger partial charge on any atom is -0.462 e. The van der Waals surface area contributed by atoms with Crippen LogP contribution in [0.2, 0.25) is 0 Å². The second-order valence-electron chi connectivity index (χ2n) is 6.27. The fourth-order valence-electron chi connectivity index (χ4n) is 2.71. The number of anilines is 1. The summed E-state index contributed by atoms with van der Waals surface area (Å²) in [4.78, 5) is 36.1. The van der Waals surface area contributed by atoms with Crippen LogP contribution in [0.25, 0.3) is 0 Å². The Morgan fingerprint density at radius 3 is 2.52 bits per heavy atom. The lowest BCUT2D eigenvalue weighted by atomic mass is 10.1. The van der Waals surface area contributed by atoms with Crippen LogP contribution in [0.1, 0.15) is 51.9 Å². The lowest BCUT2D eigenvalue weighted by Gasteiger charge is -2.11. The van der Waals surface area contributed by atoms with E-state index in [1.165, 1.54) is 13.0 Å². The van der Waals surface area contributed by atoms with Crippen molar-refractivity contribution < 1.29 is 37.6 Å². The number of nitrogens with one attached hydrogen (secondary N) is 1. The second kappa shape index (κ2) is 9.28. The van der Waals surface area contributed by atoms with Gasteiger partial charge in [0.2, 0.25) is 5.88 Å². The monoisotopic (exact) mass is 410 g/mol. The number of benzene rings is 1. The first-order chi connectivity index (χ1) is 13.6. The summed E-state index contributed by atoms with van der Waals surface area (Å²) in [5, 5.41) is 3.98. The van der Waals surface area contributed by atoms with Gasteiger partial charge in [-0.3, -0.25) is 14.9 Å². The maximum atomic E-state index is 13.3. The van der Waals surface area contributed by atoms with Crippen LogP contribution in [0, 0.1) is 18.6 Å². The van der Waals surface area contributed by atoms with Gasteiger partial charge < -0.3 is 20.2 Å².